The van der Waals surface area contributed by atoms with E-state index in [-0.39, 0.29) is 11.7 Å². The Bertz CT molecular complexity index is 362. The van der Waals surface area contributed by atoms with Gasteiger partial charge in [-0.15, -0.1) is 0 Å². The maximum atomic E-state index is 11.5. The van der Waals surface area contributed by atoms with Crippen LogP contribution in [0.5, 0.6) is 5.75 Å². The van der Waals surface area contributed by atoms with Gasteiger partial charge in [0.1, 0.15) is 5.75 Å². The van der Waals surface area contributed by atoms with Crippen molar-refractivity contribution in [3.63, 3.8) is 0 Å². The molecule has 0 fully saturated rings. The number of phenols is 1. The number of aromatic hydroxyl groups is 1. The number of esters is 1. The number of hydrogen-bond acceptors (Lipinski definition) is 3. The summed E-state index contributed by atoms with van der Waals surface area (Å²) >= 11 is 3.39. The summed E-state index contributed by atoms with van der Waals surface area (Å²) in [5.74, 6) is 0.100. The molecule has 0 spiro atoms. The third kappa shape index (κ3) is 7.88. The zero-order valence-corrected chi connectivity index (χ0v) is 12.7. The number of ether oxygens (including phenoxy) is 1. The molecule has 0 bridgehead atoms. The van der Waals surface area contributed by atoms with Crippen LogP contribution in [-0.4, -0.2) is 23.0 Å². The number of phenolic OH excluding ortho intramolecular Hbond substituents is 1. The molecule has 1 N–H and O–H groups in total. The Hall–Kier alpha value is -1.03. The van der Waals surface area contributed by atoms with Gasteiger partial charge in [-0.1, -0.05) is 40.9 Å². The van der Waals surface area contributed by atoms with Gasteiger partial charge in [0.15, 0.2) is 0 Å². The Balaban J connectivity index is 2.06. The van der Waals surface area contributed by atoms with Crippen LogP contribution in [0.4, 0.5) is 0 Å². The molecule has 0 aliphatic carbocycles. The number of carbonyl (C=O) groups excluding carboxylic acids is 1. The van der Waals surface area contributed by atoms with E-state index in [1.165, 1.54) is 12.8 Å². The lowest BCUT2D eigenvalue weighted by Gasteiger charge is -2.05. The molecule has 0 saturated carbocycles. The van der Waals surface area contributed by atoms with Gasteiger partial charge in [0.25, 0.3) is 0 Å². The molecule has 0 atom stereocenters. The van der Waals surface area contributed by atoms with E-state index < -0.39 is 0 Å². The third-order valence-electron chi connectivity index (χ3n) is 2.85. The van der Waals surface area contributed by atoms with Crippen molar-refractivity contribution in [2.45, 2.75) is 38.5 Å². The monoisotopic (exact) mass is 328 g/mol. The maximum Gasteiger partial charge on any atom is 0.306 e. The first-order valence-corrected chi connectivity index (χ1v) is 7.84. The van der Waals surface area contributed by atoms with E-state index in [4.69, 9.17) is 9.84 Å². The number of carbonyl (C=O) groups is 1. The topological polar surface area (TPSA) is 46.5 Å². The fourth-order valence-electron chi connectivity index (χ4n) is 1.72. The lowest BCUT2D eigenvalue weighted by atomic mass is 10.1. The minimum absolute atomic E-state index is 0.145. The molecule has 0 aliphatic rings. The zero-order valence-electron chi connectivity index (χ0n) is 11.1. The SMILES string of the molecule is O=C(CCc1ccc(O)cc1)OCCCCCCBr. The summed E-state index contributed by atoms with van der Waals surface area (Å²) in [6.07, 6.45) is 5.45. The fraction of sp³-hybridized carbons (Fsp3) is 0.533. The number of alkyl halides is 1. The van der Waals surface area contributed by atoms with Crippen LogP contribution in [-0.2, 0) is 16.0 Å². The van der Waals surface area contributed by atoms with Crippen molar-refractivity contribution in [3.8, 4) is 5.75 Å². The molecule has 1 aromatic carbocycles. The van der Waals surface area contributed by atoms with Crippen molar-refractivity contribution in [1.29, 1.82) is 0 Å². The Labute approximate surface area is 123 Å². The second-order valence-corrected chi connectivity index (χ2v) is 5.28. The van der Waals surface area contributed by atoms with Crippen LogP contribution in [0.2, 0.25) is 0 Å². The highest BCUT2D eigenvalue weighted by molar-refractivity contribution is 9.09. The molecule has 19 heavy (non-hydrogen) atoms. The van der Waals surface area contributed by atoms with Crippen molar-refractivity contribution in [1.82, 2.24) is 0 Å². The normalized spacial score (nSPS) is 10.4. The minimum Gasteiger partial charge on any atom is -0.508 e. The van der Waals surface area contributed by atoms with E-state index >= 15 is 0 Å². The summed E-state index contributed by atoms with van der Waals surface area (Å²) in [4.78, 5) is 11.5. The average Bonchev–Trinajstić information content (AvgIpc) is 2.42. The van der Waals surface area contributed by atoms with Crippen LogP contribution in [0.25, 0.3) is 0 Å². The first-order valence-electron chi connectivity index (χ1n) is 6.72. The van der Waals surface area contributed by atoms with Gasteiger partial charge in [-0.05, 0) is 37.0 Å². The van der Waals surface area contributed by atoms with Gasteiger partial charge in [-0.25, -0.2) is 0 Å². The quantitative estimate of drug-likeness (QED) is 0.426. The van der Waals surface area contributed by atoms with Gasteiger partial charge >= 0.3 is 5.97 Å². The summed E-state index contributed by atoms with van der Waals surface area (Å²) in [5.41, 5.74) is 1.03. The predicted molar refractivity (Wildman–Crippen MR) is 79.6 cm³/mol. The maximum absolute atomic E-state index is 11.5. The molecule has 0 heterocycles. The molecule has 0 aromatic heterocycles. The molecule has 1 aromatic rings. The molecular weight excluding hydrogens is 308 g/mol. The highest BCUT2D eigenvalue weighted by Crippen LogP contribution is 2.11. The summed E-state index contributed by atoms with van der Waals surface area (Å²) in [6.45, 7) is 0.525. The van der Waals surface area contributed by atoms with E-state index in [0.717, 1.165) is 23.7 Å². The van der Waals surface area contributed by atoms with Crippen LogP contribution < -0.4 is 0 Å². The second-order valence-electron chi connectivity index (χ2n) is 4.49. The number of hydrogen-bond donors (Lipinski definition) is 1. The number of aryl methyl sites for hydroxylation is 1. The number of unbranched alkanes of at least 4 members (excludes halogenated alkanes) is 3. The third-order valence-corrected chi connectivity index (χ3v) is 3.41. The van der Waals surface area contributed by atoms with Crippen molar-refractivity contribution in [3.05, 3.63) is 29.8 Å². The van der Waals surface area contributed by atoms with Crippen molar-refractivity contribution < 1.29 is 14.6 Å². The Morgan fingerprint density at radius 2 is 1.79 bits per heavy atom. The summed E-state index contributed by atoms with van der Waals surface area (Å²) in [6, 6.07) is 6.90. The number of halogens is 1. The standard InChI is InChI=1S/C15H21BrO3/c16-11-3-1-2-4-12-19-15(18)10-7-13-5-8-14(17)9-6-13/h5-6,8-9,17H,1-4,7,10-12H2. The Kier molecular flexibility index (Phi) is 8.30. The second kappa shape index (κ2) is 9.84. The highest BCUT2D eigenvalue weighted by Gasteiger charge is 2.03. The van der Waals surface area contributed by atoms with Crippen LogP contribution in [0, 0.1) is 0 Å². The van der Waals surface area contributed by atoms with Crippen LogP contribution in [0.15, 0.2) is 24.3 Å². The number of rotatable bonds is 9. The molecule has 0 aliphatic heterocycles. The lowest BCUT2D eigenvalue weighted by Crippen LogP contribution is -2.07. The van der Waals surface area contributed by atoms with Gasteiger partial charge in [0.05, 0.1) is 6.61 Å². The van der Waals surface area contributed by atoms with E-state index in [0.29, 0.717) is 19.4 Å². The summed E-state index contributed by atoms with van der Waals surface area (Å²) in [7, 11) is 0. The summed E-state index contributed by atoms with van der Waals surface area (Å²) in [5, 5.41) is 10.2. The fourth-order valence-corrected chi connectivity index (χ4v) is 2.11. The van der Waals surface area contributed by atoms with Crippen molar-refractivity contribution >= 4 is 21.9 Å². The average molecular weight is 329 g/mol. The van der Waals surface area contributed by atoms with Crippen LogP contribution >= 0.6 is 15.9 Å². The van der Waals surface area contributed by atoms with Crippen molar-refractivity contribution in [2.75, 3.05) is 11.9 Å². The highest BCUT2D eigenvalue weighted by atomic mass is 79.9. The van der Waals surface area contributed by atoms with Gasteiger partial charge in [0.2, 0.25) is 0 Å². The van der Waals surface area contributed by atoms with Crippen molar-refractivity contribution in [2.24, 2.45) is 0 Å². The Morgan fingerprint density at radius 3 is 2.47 bits per heavy atom. The molecule has 3 nitrogen and oxygen atoms in total. The first kappa shape index (κ1) is 16.0. The molecule has 4 heteroatoms. The van der Waals surface area contributed by atoms with Gasteiger partial charge in [0, 0.05) is 11.8 Å². The van der Waals surface area contributed by atoms with Crippen LogP contribution in [0.3, 0.4) is 0 Å². The van der Waals surface area contributed by atoms with E-state index in [1.807, 2.05) is 12.1 Å². The van der Waals surface area contributed by atoms with E-state index in [1.54, 1.807) is 12.1 Å². The molecule has 0 radical (unpaired) electrons. The van der Waals surface area contributed by atoms with Crippen LogP contribution in [0.1, 0.15) is 37.7 Å². The molecule has 106 valence electrons. The smallest absolute Gasteiger partial charge is 0.306 e. The molecule has 1 rings (SSSR count). The van der Waals surface area contributed by atoms with Gasteiger partial charge in [-0.3, -0.25) is 4.79 Å². The minimum atomic E-state index is -0.145. The predicted octanol–water partition coefficient (Wildman–Crippen LogP) is 3.82. The molecule has 0 amide bonds. The first-order chi connectivity index (χ1) is 9.22. The zero-order chi connectivity index (χ0) is 13.9. The molecule has 0 saturated heterocycles. The van der Waals surface area contributed by atoms with E-state index in [9.17, 15) is 4.79 Å². The number of benzene rings is 1. The largest absolute Gasteiger partial charge is 0.508 e. The van der Waals surface area contributed by atoms with Gasteiger partial charge < -0.3 is 9.84 Å². The lowest BCUT2D eigenvalue weighted by molar-refractivity contribution is -0.143. The summed E-state index contributed by atoms with van der Waals surface area (Å²) < 4.78 is 5.17. The molecule has 0 unspecified atom stereocenters. The van der Waals surface area contributed by atoms with Gasteiger partial charge in [-0.2, -0.15) is 0 Å². The Morgan fingerprint density at radius 1 is 1.11 bits per heavy atom. The molecular formula is C15H21BrO3. The van der Waals surface area contributed by atoms with E-state index in [2.05, 4.69) is 15.9 Å².